The minimum atomic E-state index is -4.10. The molecule has 0 aliphatic carbocycles. The smallest absolute Gasteiger partial charge is 0.269 e. The predicted octanol–water partition coefficient (Wildman–Crippen LogP) is 4.69. The highest BCUT2D eigenvalue weighted by Gasteiger charge is 2.41. The first-order valence-electron chi connectivity index (χ1n) is 12.7. The van der Waals surface area contributed by atoms with E-state index in [1.54, 1.807) is 24.3 Å². The fourth-order valence-corrected chi connectivity index (χ4v) is 6.67. The number of nitrogens with one attached hydrogen (secondary N) is 1. The summed E-state index contributed by atoms with van der Waals surface area (Å²) in [6.07, 6.45) is -0.152. The van der Waals surface area contributed by atoms with Gasteiger partial charge in [-0.15, -0.1) is 0 Å². The second-order valence-electron chi connectivity index (χ2n) is 9.72. The van der Waals surface area contributed by atoms with Crippen molar-refractivity contribution in [3.05, 3.63) is 99.5 Å². The van der Waals surface area contributed by atoms with Gasteiger partial charge in [0.1, 0.15) is 10.9 Å². The summed E-state index contributed by atoms with van der Waals surface area (Å²) >= 11 is 12.9. The number of hydrogen-bond acceptors (Lipinski definition) is 5. The Kier molecular flexibility index (Phi) is 9.18. The number of benzene rings is 3. The van der Waals surface area contributed by atoms with Crippen molar-refractivity contribution in [2.24, 2.45) is 0 Å². The minimum Gasteiger partial charge on any atom is -0.352 e. The number of amides is 3. The van der Waals surface area contributed by atoms with Crippen LogP contribution in [-0.4, -0.2) is 54.0 Å². The van der Waals surface area contributed by atoms with E-state index in [9.17, 15) is 22.8 Å². The van der Waals surface area contributed by atoms with Crippen LogP contribution in [0.25, 0.3) is 0 Å². The Balaban J connectivity index is 1.67. The molecular formula is C29H29Cl2N3O5S. The molecule has 40 heavy (non-hydrogen) atoms. The van der Waals surface area contributed by atoms with E-state index in [2.05, 4.69) is 5.32 Å². The van der Waals surface area contributed by atoms with Crippen LogP contribution in [0.15, 0.2) is 77.7 Å². The van der Waals surface area contributed by atoms with Gasteiger partial charge < -0.3 is 10.2 Å². The summed E-state index contributed by atoms with van der Waals surface area (Å²) in [5.41, 5.74) is 1.34. The lowest BCUT2D eigenvalue weighted by atomic mass is 10.0. The van der Waals surface area contributed by atoms with Gasteiger partial charge in [0.25, 0.3) is 15.9 Å². The van der Waals surface area contributed by atoms with Crippen LogP contribution >= 0.6 is 23.2 Å². The Morgan fingerprint density at radius 2 is 1.55 bits per heavy atom. The summed E-state index contributed by atoms with van der Waals surface area (Å²) in [5.74, 6) is -1.61. The molecule has 0 bridgehead atoms. The summed E-state index contributed by atoms with van der Waals surface area (Å²) in [5, 5.41) is 3.52. The average Bonchev–Trinajstić information content (AvgIpc) is 3.11. The fraction of sp³-hybridized carbons (Fsp3) is 0.276. The van der Waals surface area contributed by atoms with Crippen LogP contribution < -0.4 is 5.32 Å². The van der Waals surface area contributed by atoms with Gasteiger partial charge in [-0.3, -0.25) is 14.4 Å². The number of sulfonamides is 1. The molecule has 0 fully saturated rings. The molecule has 0 aromatic heterocycles. The number of fused-ring (bicyclic) bond motifs is 1. The first-order valence-corrected chi connectivity index (χ1v) is 14.9. The van der Waals surface area contributed by atoms with Gasteiger partial charge in [0.15, 0.2) is 0 Å². The van der Waals surface area contributed by atoms with Crippen molar-refractivity contribution in [2.75, 3.05) is 6.54 Å². The third-order valence-electron chi connectivity index (χ3n) is 6.53. The quantitative estimate of drug-likeness (QED) is 0.363. The van der Waals surface area contributed by atoms with Crippen molar-refractivity contribution >= 4 is 50.9 Å². The highest BCUT2D eigenvalue weighted by molar-refractivity contribution is 7.90. The fourth-order valence-electron chi connectivity index (χ4n) is 4.58. The van der Waals surface area contributed by atoms with E-state index in [-0.39, 0.29) is 48.3 Å². The van der Waals surface area contributed by atoms with Crippen molar-refractivity contribution in [1.29, 1.82) is 0 Å². The Morgan fingerprint density at radius 1 is 0.925 bits per heavy atom. The molecule has 4 rings (SSSR count). The maximum absolute atomic E-state index is 13.9. The molecule has 1 heterocycles. The third kappa shape index (κ3) is 6.32. The van der Waals surface area contributed by atoms with Crippen LogP contribution in [0.2, 0.25) is 10.0 Å². The lowest BCUT2D eigenvalue weighted by molar-refractivity contribution is -0.141. The Hall–Kier alpha value is -3.40. The van der Waals surface area contributed by atoms with E-state index in [1.807, 2.05) is 44.2 Å². The minimum absolute atomic E-state index is 0.0629. The van der Waals surface area contributed by atoms with Gasteiger partial charge >= 0.3 is 0 Å². The molecule has 0 unspecified atom stereocenters. The van der Waals surface area contributed by atoms with E-state index >= 15 is 0 Å². The van der Waals surface area contributed by atoms with E-state index in [1.165, 1.54) is 23.1 Å². The Bertz CT molecular complexity index is 1510. The van der Waals surface area contributed by atoms with Gasteiger partial charge in [-0.1, -0.05) is 71.7 Å². The maximum Gasteiger partial charge on any atom is 0.269 e. The number of halogens is 2. The summed E-state index contributed by atoms with van der Waals surface area (Å²) in [6, 6.07) is 18.9. The monoisotopic (exact) mass is 601 g/mol. The van der Waals surface area contributed by atoms with Gasteiger partial charge in [0.2, 0.25) is 11.8 Å². The molecule has 1 aliphatic rings. The van der Waals surface area contributed by atoms with E-state index in [4.69, 9.17) is 23.2 Å². The van der Waals surface area contributed by atoms with Gasteiger partial charge in [0.05, 0.1) is 5.56 Å². The van der Waals surface area contributed by atoms with Crippen LogP contribution in [0.5, 0.6) is 0 Å². The Labute approximate surface area is 243 Å². The van der Waals surface area contributed by atoms with Crippen LogP contribution in [0.3, 0.4) is 0 Å². The molecule has 0 saturated heterocycles. The first kappa shape index (κ1) is 29.6. The molecular weight excluding hydrogens is 573 g/mol. The number of rotatable bonds is 10. The van der Waals surface area contributed by atoms with Gasteiger partial charge in [-0.2, -0.15) is 0 Å². The molecule has 3 aromatic rings. The van der Waals surface area contributed by atoms with E-state index in [0.717, 1.165) is 5.56 Å². The first-order chi connectivity index (χ1) is 19.0. The molecule has 0 spiro atoms. The van der Waals surface area contributed by atoms with Gasteiger partial charge in [0, 0.05) is 47.6 Å². The van der Waals surface area contributed by atoms with E-state index in [0.29, 0.717) is 19.9 Å². The predicted molar refractivity (Wildman–Crippen MR) is 154 cm³/mol. The van der Waals surface area contributed by atoms with Gasteiger partial charge in [-0.05, 0) is 43.7 Å². The average molecular weight is 603 g/mol. The molecule has 11 heteroatoms. The molecule has 1 atom stereocenters. The zero-order valence-electron chi connectivity index (χ0n) is 22.0. The summed E-state index contributed by atoms with van der Waals surface area (Å²) in [6.45, 7) is 3.15. The normalized spacial score (nSPS) is 14.6. The SMILES string of the molecule is CC(C)NC(=O)[C@H](Cc1ccccc1)N(Cc1c(Cl)cccc1Cl)C(=O)CCN1C(=O)c2ccccc2S1(=O)=O. The van der Waals surface area contributed by atoms with Crippen molar-refractivity contribution in [1.82, 2.24) is 14.5 Å². The maximum atomic E-state index is 13.9. The standard InChI is InChI=1S/C29H29Cl2N3O5S/c1-19(2)32-28(36)25(17-20-9-4-3-5-10-20)33(18-22-23(30)12-8-13-24(22)31)27(35)15-16-34-29(37)21-11-6-7-14-26(21)40(34,38)39/h3-14,19,25H,15-18H2,1-2H3,(H,32,36)/t25-/m0/s1. The lowest BCUT2D eigenvalue weighted by Crippen LogP contribution is -2.52. The number of nitrogens with zero attached hydrogens (tertiary/aromatic N) is 2. The molecule has 8 nitrogen and oxygen atoms in total. The van der Waals surface area contributed by atoms with Gasteiger partial charge in [-0.25, -0.2) is 12.7 Å². The van der Waals surface area contributed by atoms with Crippen LogP contribution in [0.4, 0.5) is 0 Å². The molecule has 0 saturated carbocycles. The second kappa shape index (κ2) is 12.4. The molecule has 0 radical (unpaired) electrons. The van der Waals surface area contributed by atoms with Crippen LogP contribution in [0.1, 0.15) is 41.8 Å². The second-order valence-corrected chi connectivity index (χ2v) is 12.4. The van der Waals surface area contributed by atoms with Crippen molar-refractivity contribution < 1.29 is 22.8 Å². The zero-order valence-corrected chi connectivity index (χ0v) is 24.3. The van der Waals surface area contributed by atoms with Crippen molar-refractivity contribution in [2.45, 2.75) is 50.2 Å². The highest BCUT2D eigenvalue weighted by atomic mass is 35.5. The third-order valence-corrected chi connectivity index (χ3v) is 9.08. The summed E-state index contributed by atoms with van der Waals surface area (Å²) in [4.78, 5) is 41.5. The van der Waals surface area contributed by atoms with Crippen LogP contribution in [0, 0.1) is 0 Å². The number of carbonyl (C=O) groups is 3. The number of carbonyl (C=O) groups excluding carboxylic acids is 3. The van der Waals surface area contributed by atoms with Crippen molar-refractivity contribution in [3.8, 4) is 0 Å². The zero-order chi connectivity index (χ0) is 29.0. The summed E-state index contributed by atoms with van der Waals surface area (Å²) < 4.78 is 26.8. The molecule has 3 aromatic carbocycles. The topological polar surface area (TPSA) is 104 Å². The number of hydrogen-bond donors (Lipinski definition) is 1. The van der Waals surface area contributed by atoms with E-state index < -0.39 is 27.9 Å². The molecule has 210 valence electrons. The molecule has 1 aliphatic heterocycles. The highest BCUT2D eigenvalue weighted by Crippen LogP contribution is 2.31. The van der Waals surface area contributed by atoms with Crippen molar-refractivity contribution in [3.63, 3.8) is 0 Å². The lowest BCUT2D eigenvalue weighted by Gasteiger charge is -2.33. The molecule has 1 N–H and O–H groups in total. The molecule has 3 amide bonds. The Morgan fingerprint density at radius 3 is 2.17 bits per heavy atom. The largest absolute Gasteiger partial charge is 0.352 e. The van der Waals surface area contributed by atoms with Crippen LogP contribution in [-0.2, 0) is 32.6 Å². The summed E-state index contributed by atoms with van der Waals surface area (Å²) in [7, 11) is -4.10.